The Bertz CT molecular complexity index is 614. The van der Waals surface area contributed by atoms with Crippen LogP contribution >= 0.6 is 0 Å². The monoisotopic (exact) mass is 460 g/mol. The van der Waals surface area contributed by atoms with E-state index in [0.717, 1.165) is 19.6 Å². The van der Waals surface area contributed by atoms with E-state index >= 15 is 0 Å². The van der Waals surface area contributed by atoms with Crippen LogP contribution in [0.15, 0.2) is 0 Å². The van der Waals surface area contributed by atoms with Gasteiger partial charge in [0.2, 0.25) is 0 Å². The van der Waals surface area contributed by atoms with Crippen molar-refractivity contribution in [3.05, 3.63) is 0 Å². The molecule has 0 aromatic rings. The highest BCUT2D eigenvalue weighted by molar-refractivity contribution is 5.78. The molecular formula is C18H36N8O6. The van der Waals surface area contributed by atoms with Crippen molar-refractivity contribution in [2.45, 2.75) is 26.0 Å². The summed E-state index contributed by atoms with van der Waals surface area (Å²) in [6.45, 7) is 10.2. The summed E-state index contributed by atoms with van der Waals surface area (Å²) < 4.78 is 0. The summed E-state index contributed by atoms with van der Waals surface area (Å²) in [6, 6.07) is 0.188. The first-order valence-electron chi connectivity index (χ1n) is 10.4. The Morgan fingerprint density at radius 3 is 1.75 bits per heavy atom. The number of rotatable bonds is 6. The van der Waals surface area contributed by atoms with Crippen molar-refractivity contribution in [1.82, 2.24) is 30.7 Å². The number of hydrogen-bond donors (Lipinski definition) is 6. The van der Waals surface area contributed by atoms with Gasteiger partial charge >= 0.3 is 24.2 Å². The lowest BCUT2D eigenvalue weighted by Crippen LogP contribution is -2.40. The van der Waals surface area contributed by atoms with E-state index in [9.17, 15) is 14.4 Å². The molecule has 32 heavy (non-hydrogen) atoms. The van der Waals surface area contributed by atoms with Gasteiger partial charge < -0.3 is 47.2 Å². The van der Waals surface area contributed by atoms with Gasteiger partial charge in [-0.15, -0.1) is 0 Å². The van der Waals surface area contributed by atoms with Gasteiger partial charge in [0.05, 0.1) is 6.10 Å². The normalized spacial score (nSPS) is 19.8. The van der Waals surface area contributed by atoms with Gasteiger partial charge in [0.25, 0.3) is 0 Å². The molecule has 184 valence electrons. The maximum Gasteiger partial charge on any atom is 0.373 e. The Morgan fingerprint density at radius 2 is 1.44 bits per heavy atom. The van der Waals surface area contributed by atoms with E-state index in [1.165, 1.54) is 0 Å². The number of urea groups is 3. The van der Waals surface area contributed by atoms with E-state index in [4.69, 9.17) is 26.2 Å². The highest BCUT2D eigenvalue weighted by Gasteiger charge is 2.28. The molecule has 3 aliphatic heterocycles. The standard InChI is InChI=1S/C9H16N4O2.C5H11N3O.C3H9NO.CO2/c1-7-6-11-9(15)13(7)5-4-12-3-2-10-8(12)14;6-1-3-8-4-2-7-5(8)9;1-3(5)2-4;2-1-3/h7H,2-6H2,1H3,(H,10,14)(H,11,15);1-4,6H2,(H,7,9);3,5H,2,4H2,1H3;. The molecule has 0 aromatic carbocycles. The van der Waals surface area contributed by atoms with Crippen molar-refractivity contribution >= 4 is 24.2 Å². The summed E-state index contributed by atoms with van der Waals surface area (Å²) in [5, 5.41) is 16.4. The van der Waals surface area contributed by atoms with Gasteiger partial charge in [-0.3, -0.25) is 0 Å². The lowest BCUT2D eigenvalue weighted by molar-refractivity contribution is -0.191. The van der Waals surface area contributed by atoms with Crippen LogP contribution in [0.3, 0.4) is 0 Å². The third-order valence-electron chi connectivity index (χ3n) is 4.58. The Balaban J connectivity index is 0.000000480. The van der Waals surface area contributed by atoms with E-state index in [-0.39, 0.29) is 36.4 Å². The summed E-state index contributed by atoms with van der Waals surface area (Å²) in [5.41, 5.74) is 10.2. The van der Waals surface area contributed by atoms with Crippen LogP contribution in [0.4, 0.5) is 14.4 Å². The average Bonchev–Trinajstić information content (AvgIpc) is 3.44. The molecule has 6 amide bonds. The minimum absolute atomic E-state index is 0.0143. The lowest BCUT2D eigenvalue weighted by atomic mass is 10.3. The highest BCUT2D eigenvalue weighted by Crippen LogP contribution is 2.06. The summed E-state index contributed by atoms with van der Waals surface area (Å²) in [7, 11) is 0. The summed E-state index contributed by atoms with van der Waals surface area (Å²) >= 11 is 0. The maximum absolute atomic E-state index is 11.4. The molecule has 0 radical (unpaired) electrons. The first-order chi connectivity index (χ1) is 15.2. The molecule has 3 heterocycles. The molecule has 14 nitrogen and oxygen atoms in total. The minimum Gasteiger partial charge on any atom is -0.392 e. The first-order valence-corrected chi connectivity index (χ1v) is 10.4. The number of carbonyl (C=O) groups excluding carboxylic acids is 5. The topological polar surface area (TPSA) is 203 Å². The molecule has 2 atom stereocenters. The van der Waals surface area contributed by atoms with Crippen LogP contribution in [-0.2, 0) is 9.59 Å². The summed E-state index contributed by atoms with van der Waals surface area (Å²) in [5.74, 6) is 0. The number of nitrogens with two attached hydrogens (primary N) is 2. The number of amides is 6. The van der Waals surface area contributed by atoms with Crippen LogP contribution in [0.2, 0.25) is 0 Å². The smallest absolute Gasteiger partial charge is 0.373 e. The molecule has 3 rings (SSSR count). The Hall–Kier alpha value is -2.93. The van der Waals surface area contributed by atoms with Gasteiger partial charge in [0.15, 0.2) is 0 Å². The average molecular weight is 461 g/mol. The second kappa shape index (κ2) is 16.7. The van der Waals surface area contributed by atoms with Gasteiger partial charge in [0.1, 0.15) is 0 Å². The van der Waals surface area contributed by atoms with E-state index in [0.29, 0.717) is 45.8 Å². The quantitative estimate of drug-likeness (QED) is 0.243. The molecule has 0 saturated carbocycles. The highest BCUT2D eigenvalue weighted by atomic mass is 16.3. The van der Waals surface area contributed by atoms with Crippen molar-refractivity contribution < 1.29 is 29.1 Å². The van der Waals surface area contributed by atoms with Crippen molar-refractivity contribution in [2.24, 2.45) is 11.5 Å². The van der Waals surface area contributed by atoms with Crippen molar-refractivity contribution in [3.8, 4) is 0 Å². The Morgan fingerprint density at radius 1 is 0.969 bits per heavy atom. The fourth-order valence-electron chi connectivity index (χ4n) is 2.80. The molecule has 8 N–H and O–H groups in total. The molecule has 0 aromatic heterocycles. The number of nitrogens with one attached hydrogen (secondary N) is 3. The summed E-state index contributed by atoms with van der Waals surface area (Å²) in [4.78, 5) is 54.8. The van der Waals surface area contributed by atoms with Crippen LogP contribution in [0.5, 0.6) is 0 Å². The second-order valence-electron chi connectivity index (χ2n) is 7.12. The molecule has 2 unspecified atom stereocenters. The predicted octanol–water partition coefficient (Wildman–Crippen LogP) is -2.86. The SMILES string of the molecule is CC(O)CN.CC1CNC(=O)N1CCN1CCNC1=O.NCCN1CCNC1=O.O=C=O. The number of carbonyl (C=O) groups is 3. The number of aliphatic hydroxyl groups excluding tert-OH is 1. The van der Waals surface area contributed by atoms with Crippen molar-refractivity contribution in [3.63, 3.8) is 0 Å². The second-order valence-corrected chi connectivity index (χ2v) is 7.12. The van der Waals surface area contributed by atoms with Gasteiger partial charge in [-0.1, -0.05) is 0 Å². The maximum atomic E-state index is 11.4. The number of aliphatic hydroxyl groups is 1. The molecule has 3 saturated heterocycles. The van der Waals surface area contributed by atoms with Gasteiger partial charge in [-0.2, -0.15) is 9.59 Å². The number of nitrogens with zero attached hydrogens (tertiary/aromatic N) is 3. The van der Waals surface area contributed by atoms with E-state index in [1.807, 2.05) is 6.92 Å². The zero-order valence-electron chi connectivity index (χ0n) is 18.7. The largest absolute Gasteiger partial charge is 0.392 e. The van der Waals surface area contributed by atoms with E-state index in [1.54, 1.807) is 21.6 Å². The molecule has 3 fully saturated rings. The van der Waals surface area contributed by atoms with Gasteiger partial charge in [-0.25, -0.2) is 14.4 Å². The third kappa shape index (κ3) is 11.5. The Labute approximate surface area is 187 Å². The van der Waals surface area contributed by atoms with Crippen molar-refractivity contribution in [1.29, 1.82) is 0 Å². The zero-order valence-corrected chi connectivity index (χ0v) is 18.7. The van der Waals surface area contributed by atoms with Crippen LogP contribution in [-0.4, -0.2) is 122 Å². The number of hydrogen-bond acceptors (Lipinski definition) is 8. The minimum atomic E-state index is -0.338. The van der Waals surface area contributed by atoms with Crippen LogP contribution in [0.1, 0.15) is 13.8 Å². The van der Waals surface area contributed by atoms with Crippen LogP contribution in [0.25, 0.3) is 0 Å². The fraction of sp³-hybridized carbons (Fsp3) is 0.778. The van der Waals surface area contributed by atoms with Crippen LogP contribution < -0.4 is 27.4 Å². The van der Waals surface area contributed by atoms with Gasteiger partial charge in [-0.05, 0) is 13.8 Å². The first kappa shape index (κ1) is 29.1. The predicted molar refractivity (Wildman–Crippen MR) is 114 cm³/mol. The van der Waals surface area contributed by atoms with E-state index in [2.05, 4.69) is 16.0 Å². The Kier molecular flexibility index (Phi) is 15.2. The van der Waals surface area contributed by atoms with Crippen molar-refractivity contribution in [2.75, 3.05) is 65.4 Å². The molecule has 0 spiro atoms. The van der Waals surface area contributed by atoms with E-state index < -0.39 is 0 Å². The fourth-order valence-corrected chi connectivity index (χ4v) is 2.80. The lowest BCUT2D eigenvalue weighted by Gasteiger charge is -2.22. The zero-order chi connectivity index (χ0) is 24.5. The molecular weight excluding hydrogens is 424 g/mol. The summed E-state index contributed by atoms with van der Waals surface area (Å²) in [6.07, 6.45) is -0.0880. The van der Waals surface area contributed by atoms with Crippen LogP contribution in [0, 0.1) is 0 Å². The molecule has 3 aliphatic rings. The van der Waals surface area contributed by atoms with Gasteiger partial charge in [0, 0.05) is 71.5 Å². The third-order valence-corrected chi connectivity index (χ3v) is 4.58. The molecule has 14 heteroatoms. The molecule has 0 aliphatic carbocycles. The molecule has 0 bridgehead atoms.